The average molecular weight is 343 g/mol. The molecule has 0 bridgehead atoms. The first-order valence-corrected chi connectivity index (χ1v) is 12.4. The van der Waals surface area contributed by atoms with E-state index >= 15 is 0 Å². The molecule has 6 heteroatoms. The normalized spacial score (nSPS) is 12.0. The van der Waals surface area contributed by atoms with Crippen LogP contribution in [0.15, 0.2) is 0 Å². The van der Waals surface area contributed by atoms with Crippen LogP contribution in [-0.2, 0) is 13.6 Å². The van der Waals surface area contributed by atoms with Gasteiger partial charge in [0, 0.05) is 14.2 Å². The van der Waals surface area contributed by atoms with Crippen LogP contribution in [0, 0.1) is 0 Å². The van der Waals surface area contributed by atoms with Gasteiger partial charge >= 0.3 is 7.82 Å². The standard InChI is InChI=1S/C13H30P.C2H7O4P/c1-5-8-11-14(4,12-9-6-2)13-10-7-3;1-5-7(3,4)6-2/h5-13H2,1-4H3;1-2H3,(H,3,4). The molecule has 0 aliphatic carbocycles. The van der Waals surface area contributed by atoms with Gasteiger partial charge in [0.25, 0.3) is 0 Å². The van der Waals surface area contributed by atoms with Gasteiger partial charge in [0.15, 0.2) is 0 Å². The van der Waals surface area contributed by atoms with Crippen LogP contribution < -0.4 is 0 Å². The van der Waals surface area contributed by atoms with Crippen molar-refractivity contribution in [2.24, 2.45) is 0 Å². The third-order valence-corrected chi connectivity index (χ3v) is 8.73. The largest absolute Gasteiger partial charge is 0.471 e. The van der Waals surface area contributed by atoms with E-state index in [9.17, 15) is 4.57 Å². The Morgan fingerprint density at radius 1 is 0.810 bits per heavy atom. The first-order valence-electron chi connectivity index (χ1n) is 8.08. The predicted octanol–water partition coefficient (Wildman–Crippen LogP) is 5.41. The lowest BCUT2D eigenvalue weighted by atomic mass is 10.4. The summed E-state index contributed by atoms with van der Waals surface area (Å²) in [6.45, 7) is 9.59. The third-order valence-electron chi connectivity index (χ3n) is 3.62. The summed E-state index contributed by atoms with van der Waals surface area (Å²) in [6.07, 6.45) is 13.2. The lowest BCUT2D eigenvalue weighted by Crippen LogP contribution is -2.07. The van der Waals surface area contributed by atoms with Crippen molar-refractivity contribution in [3.8, 4) is 0 Å². The number of rotatable bonds is 11. The molecule has 0 atom stereocenters. The van der Waals surface area contributed by atoms with Crippen molar-refractivity contribution in [3.05, 3.63) is 0 Å². The summed E-state index contributed by atoms with van der Waals surface area (Å²) in [5.74, 6) is 0. The Hall–Kier alpha value is 0.540. The van der Waals surface area contributed by atoms with Crippen molar-refractivity contribution in [2.45, 2.75) is 59.3 Å². The van der Waals surface area contributed by atoms with Gasteiger partial charge in [-0.1, -0.05) is 40.0 Å². The molecular weight excluding hydrogens is 306 g/mol. The molecule has 0 aromatic rings. The number of unbranched alkanes of at least 4 members (excludes halogenated alkanes) is 3. The minimum Gasteiger partial charge on any atom is -0.303 e. The first-order chi connectivity index (χ1) is 9.80. The fraction of sp³-hybridized carbons (Fsp3) is 1.00. The second-order valence-electron chi connectivity index (χ2n) is 5.68. The molecule has 21 heavy (non-hydrogen) atoms. The van der Waals surface area contributed by atoms with E-state index in [1.165, 1.54) is 38.5 Å². The summed E-state index contributed by atoms with van der Waals surface area (Å²) in [6, 6.07) is 0. The van der Waals surface area contributed by atoms with Gasteiger partial charge in [0.2, 0.25) is 0 Å². The molecule has 4 nitrogen and oxygen atoms in total. The molecule has 0 aromatic heterocycles. The van der Waals surface area contributed by atoms with E-state index in [1.54, 1.807) is 18.5 Å². The molecule has 0 unspecified atom stereocenters. The molecular formula is C15H37O4P2. The summed E-state index contributed by atoms with van der Waals surface area (Å²) in [5, 5.41) is 0. The van der Waals surface area contributed by atoms with Gasteiger partial charge in [-0.25, -0.2) is 4.57 Å². The third kappa shape index (κ3) is 15.2. The van der Waals surface area contributed by atoms with Gasteiger partial charge in [-0.2, -0.15) is 0 Å². The van der Waals surface area contributed by atoms with Gasteiger partial charge in [0.05, 0.1) is 0 Å². The molecule has 0 aromatic carbocycles. The average Bonchev–Trinajstić information content (AvgIpc) is 2.50. The maximum Gasteiger partial charge on any atom is 0.471 e. The second-order valence-corrected chi connectivity index (χ2v) is 11.9. The van der Waals surface area contributed by atoms with Gasteiger partial charge in [0.1, 0.15) is 0 Å². The summed E-state index contributed by atoms with van der Waals surface area (Å²) in [4.78, 5) is 8.24. The highest BCUT2D eigenvalue weighted by Gasteiger charge is 2.19. The van der Waals surface area contributed by atoms with E-state index in [4.69, 9.17) is 4.89 Å². The topological polar surface area (TPSA) is 55.8 Å². The van der Waals surface area contributed by atoms with E-state index in [0.717, 1.165) is 14.2 Å². The Morgan fingerprint density at radius 3 is 1.24 bits per heavy atom. The first kappa shape index (κ1) is 23.8. The van der Waals surface area contributed by atoms with E-state index in [-0.39, 0.29) is 0 Å². The van der Waals surface area contributed by atoms with Crippen LogP contribution >= 0.6 is 15.1 Å². The molecule has 131 valence electrons. The Bertz CT molecular complexity index is 243. The minimum atomic E-state index is -3.65. The molecule has 1 radical (unpaired) electrons. The van der Waals surface area contributed by atoms with Crippen molar-refractivity contribution in [1.82, 2.24) is 0 Å². The quantitative estimate of drug-likeness (QED) is 0.509. The number of hydrogen-bond acceptors (Lipinski definition) is 3. The Labute approximate surface area is 133 Å². The van der Waals surface area contributed by atoms with Crippen LogP contribution in [0.3, 0.4) is 0 Å². The van der Waals surface area contributed by atoms with E-state index in [1.807, 2.05) is 0 Å². The maximum absolute atomic E-state index is 10.1. The second kappa shape index (κ2) is 14.2. The molecule has 0 spiro atoms. The number of hydrogen-bond donors (Lipinski definition) is 1. The SMILES string of the molecule is CCCC[P](C)(CCCC)CCCC.COP(=O)(O)OC. The number of phosphoric ester groups is 1. The van der Waals surface area contributed by atoms with Crippen LogP contribution in [0.4, 0.5) is 0 Å². The van der Waals surface area contributed by atoms with Crippen LogP contribution in [0.25, 0.3) is 0 Å². The van der Waals surface area contributed by atoms with Crippen molar-refractivity contribution in [2.75, 3.05) is 39.4 Å². The molecule has 0 aliphatic rings. The lowest BCUT2D eigenvalue weighted by Gasteiger charge is -2.32. The number of phosphoric acid groups is 1. The van der Waals surface area contributed by atoms with E-state index < -0.39 is 15.1 Å². The summed E-state index contributed by atoms with van der Waals surface area (Å²) >= 11 is 0. The Balaban J connectivity index is 0. The monoisotopic (exact) mass is 343 g/mol. The van der Waals surface area contributed by atoms with Gasteiger partial charge in [-0.3, -0.25) is 9.05 Å². The summed E-state index contributed by atoms with van der Waals surface area (Å²) < 4.78 is 18.0. The molecule has 0 heterocycles. The fourth-order valence-electron chi connectivity index (χ4n) is 2.03. The Morgan fingerprint density at radius 2 is 1.10 bits per heavy atom. The van der Waals surface area contributed by atoms with E-state index in [2.05, 4.69) is 36.5 Å². The zero-order valence-electron chi connectivity index (χ0n) is 14.9. The van der Waals surface area contributed by atoms with Crippen molar-refractivity contribution in [3.63, 3.8) is 0 Å². The van der Waals surface area contributed by atoms with Crippen LogP contribution in [0.5, 0.6) is 0 Å². The fourth-order valence-corrected chi connectivity index (χ4v) is 6.09. The zero-order chi connectivity index (χ0) is 16.8. The molecule has 1 N–H and O–H groups in total. The molecule has 0 fully saturated rings. The van der Waals surface area contributed by atoms with Crippen LogP contribution in [-0.4, -0.2) is 44.3 Å². The van der Waals surface area contributed by atoms with Crippen molar-refractivity contribution >= 4 is 15.1 Å². The lowest BCUT2D eigenvalue weighted by molar-refractivity contribution is 0.204. The van der Waals surface area contributed by atoms with Crippen LogP contribution in [0.2, 0.25) is 0 Å². The molecule has 0 amide bonds. The predicted molar refractivity (Wildman–Crippen MR) is 96.0 cm³/mol. The van der Waals surface area contributed by atoms with Crippen LogP contribution in [0.1, 0.15) is 59.3 Å². The van der Waals surface area contributed by atoms with Gasteiger partial charge < -0.3 is 4.89 Å². The highest BCUT2D eigenvalue weighted by Crippen LogP contribution is 2.57. The highest BCUT2D eigenvalue weighted by atomic mass is 31.2. The molecule has 0 saturated heterocycles. The van der Waals surface area contributed by atoms with Gasteiger partial charge in [-0.15, -0.1) is 7.26 Å². The highest BCUT2D eigenvalue weighted by molar-refractivity contribution is 7.75. The Kier molecular flexibility index (Phi) is 16.0. The smallest absolute Gasteiger partial charge is 0.303 e. The van der Waals surface area contributed by atoms with E-state index in [0.29, 0.717) is 0 Å². The van der Waals surface area contributed by atoms with Crippen molar-refractivity contribution in [1.29, 1.82) is 0 Å². The maximum atomic E-state index is 10.1. The van der Waals surface area contributed by atoms with Crippen molar-refractivity contribution < 1.29 is 18.5 Å². The zero-order valence-corrected chi connectivity index (χ0v) is 16.7. The summed E-state index contributed by atoms with van der Waals surface area (Å²) in [5.41, 5.74) is 0. The molecule has 0 rings (SSSR count). The molecule has 0 aliphatic heterocycles. The minimum absolute atomic E-state index is 0.519. The molecule has 0 saturated carbocycles. The summed E-state index contributed by atoms with van der Waals surface area (Å²) in [7, 11) is -1.97. The van der Waals surface area contributed by atoms with Gasteiger partial charge in [-0.05, 0) is 44.4 Å².